The van der Waals surface area contributed by atoms with Crippen molar-refractivity contribution in [3.8, 4) is 0 Å². The Labute approximate surface area is 233 Å². The molecule has 10 heteroatoms. The Hall–Kier alpha value is -4.57. The molecule has 204 valence electrons. The Morgan fingerprint density at radius 3 is 2.38 bits per heavy atom. The molecule has 3 heterocycles. The third kappa shape index (κ3) is 5.30. The summed E-state index contributed by atoms with van der Waals surface area (Å²) in [6, 6.07) is 24.0. The fraction of sp³-hybridized carbons (Fsp3) is 0.300. The summed E-state index contributed by atoms with van der Waals surface area (Å²) in [6.07, 6.45) is 0. The van der Waals surface area contributed by atoms with Crippen LogP contribution in [0.15, 0.2) is 72.8 Å². The van der Waals surface area contributed by atoms with E-state index in [1.54, 1.807) is 7.05 Å². The molecule has 1 unspecified atom stereocenters. The van der Waals surface area contributed by atoms with Crippen LogP contribution in [0.1, 0.15) is 45.8 Å². The van der Waals surface area contributed by atoms with E-state index >= 15 is 0 Å². The minimum atomic E-state index is -0.113. The van der Waals surface area contributed by atoms with E-state index in [-0.39, 0.29) is 17.9 Å². The highest BCUT2D eigenvalue weighted by Crippen LogP contribution is 2.31. The number of tetrazole rings is 1. The SMILES string of the molecule is CC(=O)Nc1ccc2c(c1)CN(c1cccc(C(=O)N3CCN(C(c4ccccc4)c4nnn(C)n4)CC3)c1)C2. The summed E-state index contributed by atoms with van der Waals surface area (Å²) in [5, 5.41) is 15.7. The molecule has 0 radical (unpaired) electrons. The van der Waals surface area contributed by atoms with Crippen molar-refractivity contribution in [2.45, 2.75) is 26.1 Å². The van der Waals surface area contributed by atoms with Crippen molar-refractivity contribution in [3.05, 3.63) is 101 Å². The fourth-order valence-electron chi connectivity index (χ4n) is 5.63. The number of aryl methyl sites for hydroxylation is 1. The molecule has 6 rings (SSSR count). The first-order chi connectivity index (χ1) is 19.4. The van der Waals surface area contributed by atoms with Crippen LogP contribution < -0.4 is 10.2 Å². The molecule has 0 bridgehead atoms. The maximum absolute atomic E-state index is 13.6. The van der Waals surface area contributed by atoms with Gasteiger partial charge in [-0.05, 0) is 52.2 Å². The van der Waals surface area contributed by atoms with E-state index in [1.807, 2.05) is 59.5 Å². The number of fused-ring (bicyclic) bond motifs is 1. The number of rotatable bonds is 6. The molecule has 1 aromatic heterocycles. The number of carbonyl (C=O) groups excluding carboxylic acids is 2. The van der Waals surface area contributed by atoms with Gasteiger partial charge in [-0.3, -0.25) is 14.5 Å². The monoisotopic (exact) mass is 536 g/mol. The minimum absolute atomic E-state index is 0.0417. The minimum Gasteiger partial charge on any atom is -0.363 e. The second-order valence-electron chi connectivity index (χ2n) is 10.3. The molecule has 1 fully saturated rings. The van der Waals surface area contributed by atoms with Gasteiger partial charge in [-0.15, -0.1) is 10.2 Å². The third-order valence-electron chi connectivity index (χ3n) is 7.56. The zero-order chi connectivity index (χ0) is 27.6. The summed E-state index contributed by atoms with van der Waals surface area (Å²) >= 11 is 0. The number of hydrogen-bond acceptors (Lipinski definition) is 7. The Morgan fingerprint density at radius 1 is 0.875 bits per heavy atom. The molecule has 0 saturated carbocycles. The number of nitrogens with one attached hydrogen (secondary N) is 1. The van der Waals surface area contributed by atoms with Crippen LogP contribution in [0.25, 0.3) is 0 Å². The number of piperazine rings is 1. The summed E-state index contributed by atoms with van der Waals surface area (Å²) in [6.45, 7) is 5.67. The van der Waals surface area contributed by atoms with E-state index in [0.29, 0.717) is 37.6 Å². The average molecular weight is 537 g/mol. The molecule has 2 aliphatic rings. The first-order valence-electron chi connectivity index (χ1n) is 13.5. The zero-order valence-corrected chi connectivity index (χ0v) is 22.7. The number of hydrogen-bond donors (Lipinski definition) is 1. The number of carbonyl (C=O) groups is 2. The molecule has 10 nitrogen and oxygen atoms in total. The maximum Gasteiger partial charge on any atom is 0.254 e. The summed E-state index contributed by atoms with van der Waals surface area (Å²) in [7, 11) is 1.77. The van der Waals surface area contributed by atoms with Gasteiger partial charge in [-0.25, -0.2) is 0 Å². The van der Waals surface area contributed by atoms with E-state index in [1.165, 1.54) is 22.8 Å². The lowest BCUT2D eigenvalue weighted by Crippen LogP contribution is -2.50. The number of anilines is 2. The number of nitrogens with zero attached hydrogens (tertiary/aromatic N) is 7. The third-order valence-corrected chi connectivity index (χ3v) is 7.56. The highest BCUT2D eigenvalue weighted by molar-refractivity contribution is 5.95. The van der Waals surface area contributed by atoms with E-state index in [4.69, 9.17) is 0 Å². The van der Waals surface area contributed by atoms with Gasteiger partial charge in [0.1, 0.15) is 0 Å². The van der Waals surface area contributed by atoms with Crippen LogP contribution in [0.3, 0.4) is 0 Å². The highest BCUT2D eigenvalue weighted by atomic mass is 16.2. The van der Waals surface area contributed by atoms with Crippen LogP contribution in [0.5, 0.6) is 0 Å². The van der Waals surface area contributed by atoms with Crippen LogP contribution in [0.4, 0.5) is 11.4 Å². The lowest BCUT2D eigenvalue weighted by atomic mass is 10.0. The van der Waals surface area contributed by atoms with Crippen molar-refractivity contribution < 1.29 is 9.59 Å². The Balaban J connectivity index is 1.13. The molecular formula is C30H32N8O2. The van der Waals surface area contributed by atoms with E-state index in [2.05, 4.69) is 48.7 Å². The smallest absolute Gasteiger partial charge is 0.254 e. The molecule has 1 saturated heterocycles. The van der Waals surface area contributed by atoms with Crippen molar-refractivity contribution in [2.75, 3.05) is 36.4 Å². The van der Waals surface area contributed by atoms with E-state index in [9.17, 15) is 9.59 Å². The topological polar surface area (TPSA) is 99.5 Å². The first kappa shape index (κ1) is 25.7. The highest BCUT2D eigenvalue weighted by Gasteiger charge is 2.31. The molecular weight excluding hydrogens is 504 g/mol. The molecule has 0 spiro atoms. The lowest BCUT2D eigenvalue weighted by molar-refractivity contribution is -0.114. The number of amides is 2. The van der Waals surface area contributed by atoms with Crippen LogP contribution >= 0.6 is 0 Å². The second-order valence-corrected chi connectivity index (χ2v) is 10.3. The summed E-state index contributed by atoms with van der Waals surface area (Å²) in [4.78, 5) is 33.0. The average Bonchev–Trinajstić information content (AvgIpc) is 3.59. The number of aromatic nitrogens is 4. The molecule has 40 heavy (non-hydrogen) atoms. The molecule has 4 aromatic rings. The molecule has 1 atom stereocenters. The van der Waals surface area contributed by atoms with Crippen LogP contribution in [0.2, 0.25) is 0 Å². The van der Waals surface area contributed by atoms with Gasteiger partial charge in [0, 0.05) is 63.1 Å². The van der Waals surface area contributed by atoms with E-state index in [0.717, 1.165) is 30.0 Å². The van der Waals surface area contributed by atoms with Crippen molar-refractivity contribution in [3.63, 3.8) is 0 Å². The van der Waals surface area contributed by atoms with Gasteiger partial charge < -0.3 is 15.1 Å². The quantitative estimate of drug-likeness (QED) is 0.404. The molecule has 1 N–H and O–H groups in total. The summed E-state index contributed by atoms with van der Waals surface area (Å²) in [5.41, 5.74) is 6.03. The van der Waals surface area contributed by atoms with Crippen molar-refractivity contribution in [2.24, 2.45) is 7.05 Å². The van der Waals surface area contributed by atoms with Gasteiger partial charge in [-0.2, -0.15) is 4.80 Å². The van der Waals surface area contributed by atoms with Gasteiger partial charge in [0.2, 0.25) is 5.91 Å². The van der Waals surface area contributed by atoms with Gasteiger partial charge in [0.15, 0.2) is 5.82 Å². The predicted molar refractivity (Wildman–Crippen MR) is 152 cm³/mol. The van der Waals surface area contributed by atoms with Crippen LogP contribution in [-0.4, -0.2) is 68.0 Å². The van der Waals surface area contributed by atoms with Crippen LogP contribution in [-0.2, 0) is 24.9 Å². The Bertz CT molecular complexity index is 1530. The molecule has 2 amide bonds. The molecule has 2 aliphatic heterocycles. The first-order valence-corrected chi connectivity index (χ1v) is 13.5. The fourth-order valence-corrected chi connectivity index (χ4v) is 5.63. The predicted octanol–water partition coefficient (Wildman–Crippen LogP) is 3.24. The van der Waals surface area contributed by atoms with Crippen LogP contribution in [0, 0.1) is 0 Å². The summed E-state index contributed by atoms with van der Waals surface area (Å²) < 4.78 is 0. The standard InChI is InChI=1S/C30H32N8O2/c1-21(39)31-26-12-11-24-19-38(20-25(24)17-26)27-10-6-9-23(18-27)30(40)37-15-13-36(14-16-37)28(22-7-4-3-5-8-22)29-32-34-35(2)33-29/h3-12,17-18,28H,13-16,19-20H2,1-2H3,(H,31,39). The lowest BCUT2D eigenvalue weighted by Gasteiger charge is -2.38. The van der Waals surface area contributed by atoms with Crippen molar-refractivity contribution in [1.82, 2.24) is 30.0 Å². The van der Waals surface area contributed by atoms with Gasteiger partial charge >= 0.3 is 0 Å². The normalized spacial score (nSPS) is 16.1. The van der Waals surface area contributed by atoms with Crippen molar-refractivity contribution in [1.29, 1.82) is 0 Å². The zero-order valence-electron chi connectivity index (χ0n) is 22.7. The Morgan fingerprint density at radius 2 is 1.65 bits per heavy atom. The van der Waals surface area contributed by atoms with Gasteiger partial charge in [0.25, 0.3) is 5.91 Å². The molecule has 3 aromatic carbocycles. The Kier molecular flexibility index (Phi) is 7.00. The number of benzene rings is 3. The molecule has 0 aliphatic carbocycles. The largest absolute Gasteiger partial charge is 0.363 e. The maximum atomic E-state index is 13.6. The van der Waals surface area contributed by atoms with Crippen molar-refractivity contribution >= 4 is 23.2 Å². The van der Waals surface area contributed by atoms with Gasteiger partial charge in [0.05, 0.1) is 13.1 Å². The van der Waals surface area contributed by atoms with Gasteiger partial charge in [-0.1, -0.05) is 42.5 Å². The van der Waals surface area contributed by atoms with E-state index < -0.39 is 0 Å². The summed E-state index contributed by atoms with van der Waals surface area (Å²) in [5.74, 6) is 0.625. The second kappa shape index (κ2) is 10.9.